The van der Waals surface area contributed by atoms with Crippen molar-refractivity contribution < 1.29 is 32.3 Å². The number of carbonyl (C=O) groups is 3. The molecule has 0 aliphatic heterocycles. The van der Waals surface area contributed by atoms with Crippen LogP contribution in [0.3, 0.4) is 0 Å². The van der Waals surface area contributed by atoms with E-state index in [4.69, 9.17) is 16.3 Å². The van der Waals surface area contributed by atoms with E-state index in [1.54, 1.807) is 36.4 Å². The van der Waals surface area contributed by atoms with Gasteiger partial charge in [0.1, 0.15) is 5.75 Å². The van der Waals surface area contributed by atoms with Gasteiger partial charge in [0.2, 0.25) is 0 Å². The fourth-order valence-corrected chi connectivity index (χ4v) is 2.96. The number of amides is 3. The molecule has 0 spiro atoms. The third kappa shape index (κ3) is 8.13. The summed E-state index contributed by atoms with van der Waals surface area (Å²) < 4.78 is 43.7. The maximum atomic E-state index is 12.8. The second kappa shape index (κ2) is 11.8. The molecule has 0 atom stereocenters. The lowest BCUT2D eigenvalue weighted by atomic mass is 10.2. The first-order chi connectivity index (χ1) is 17.1. The number of anilines is 2. The van der Waals surface area contributed by atoms with Gasteiger partial charge in [-0.05, 0) is 54.1 Å². The summed E-state index contributed by atoms with van der Waals surface area (Å²) in [6, 6.07) is 16.7. The molecule has 3 amide bonds. The molecule has 0 heterocycles. The number of nitrogens with one attached hydrogen (secondary N) is 3. The number of hydrogen-bond acceptors (Lipinski definition) is 5. The molecule has 12 heteroatoms. The number of carbonyl (C=O) groups excluding carboxylic acids is 3. The van der Waals surface area contributed by atoms with Crippen molar-refractivity contribution in [1.82, 2.24) is 5.43 Å². The summed E-state index contributed by atoms with van der Waals surface area (Å²) in [7, 11) is 0. The molecule has 3 rings (SSSR count). The van der Waals surface area contributed by atoms with Gasteiger partial charge in [0.15, 0.2) is 6.61 Å². The van der Waals surface area contributed by atoms with Gasteiger partial charge in [-0.1, -0.05) is 35.9 Å². The average Bonchev–Trinajstić information content (AvgIpc) is 2.82. The fraction of sp³-hybridized carbons (Fsp3) is 0.0833. The van der Waals surface area contributed by atoms with Crippen LogP contribution < -0.4 is 20.8 Å². The number of hydrazone groups is 1. The number of benzene rings is 3. The molecular formula is C24H18ClF3N4O4. The lowest BCUT2D eigenvalue weighted by Gasteiger charge is -2.10. The standard InChI is InChI=1S/C24H18ClF3N4O4/c25-17-6-3-8-19(12-17)31-22(34)23(35)32-29-13-15-4-1-9-20(10-15)36-14-21(33)30-18-7-2-5-16(11-18)24(26,27)28/h1-13H,14H2,(H,30,33)(H,31,34)(H,32,35)/b29-13-. The Bertz CT molecular complexity index is 1300. The molecular weight excluding hydrogens is 501 g/mol. The number of rotatable bonds is 7. The van der Waals surface area contributed by atoms with Crippen LogP contribution in [0.1, 0.15) is 11.1 Å². The molecule has 36 heavy (non-hydrogen) atoms. The van der Waals surface area contributed by atoms with Gasteiger partial charge in [-0.2, -0.15) is 18.3 Å². The van der Waals surface area contributed by atoms with Crippen molar-refractivity contribution in [2.45, 2.75) is 6.18 Å². The second-order valence-electron chi connectivity index (χ2n) is 7.15. The van der Waals surface area contributed by atoms with Crippen molar-refractivity contribution in [1.29, 1.82) is 0 Å². The molecule has 0 aliphatic carbocycles. The van der Waals surface area contributed by atoms with E-state index in [0.29, 0.717) is 16.3 Å². The molecule has 0 aliphatic rings. The smallest absolute Gasteiger partial charge is 0.416 e. The van der Waals surface area contributed by atoms with Gasteiger partial charge in [-0.15, -0.1) is 0 Å². The zero-order valence-corrected chi connectivity index (χ0v) is 19.1. The summed E-state index contributed by atoms with van der Waals surface area (Å²) in [5.74, 6) is -2.35. The average molecular weight is 519 g/mol. The molecule has 8 nitrogen and oxygen atoms in total. The molecule has 0 bridgehead atoms. The molecule has 3 aromatic carbocycles. The number of alkyl halides is 3. The zero-order valence-electron chi connectivity index (χ0n) is 18.3. The highest BCUT2D eigenvalue weighted by atomic mass is 35.5. The molecule has 0 saturated carbocycles. The van der Waals surface area contributed by atoms with E-state index in [9.17, 15) is 27.6 Å². The molecule has 186 valence electrons. The van der Waals surface area contributed by atoms with Crippen molar-refractivity contribution in [3.05, 3.63) is 88.9 Å². The first-order valence-electron chi connectivity index (χ1n) is 10.2. The van der Waals surface area contributed by atoms with Crippen molar-refractivity contribution in [3.63, 3.8) is 0 Å². The van der Waals surface area contributed by atoms with Crippen LogP contribution in [0.5, 0.6) is 5.75 Å². The van der Waals surface area contributed by atoms with Crippen LogP contribution in [0, 0.1) is 0 Å². The molecule has 0 unspecified atom stereocenters. The predicted octanol–water partition coefficient (Wildman–Crippen LogP) is 4.47. The Balaban J connectivity index is 1.49. The van der Waals surface area contributed by atoms with Crippen LogP contribution in [-0.4, -0.2) is 30.5 Å². The summed E-state index contributed by atoms with van der Waals surface area (Å²) >= 11 is 5.82. The maximum Gasteiger partial charge on any atom is 0.416 e. The van der Waals surface area contributed by atoms with Gasteiger partial charge >= 0.3 is 18.0 Å². The molecule has 0 aromatic heterocycles. The van der Waals surface area contributed by atoms with E-state index in [-0.39, 0.29) is 11.4 Å². The van der Waals surface area contributed by atoms with Crippen LogP contribution in [0.25, 0.3) is 0 Å². The van der Waals surface area contributed by atoms with Crippen molar-refractivity contribution in [3.8, 4) is 5.75 Å². The van der Waals surface area contributed by atoms with E-state index in [1.165, 1.54) is 30.5 Å². The third-order valence-corrected chi connectivity index (χ3v) is 4.61. The summed E-state index contributed by atoms with van der Waals surface area (Å²) in [6.45, 7) is -0.461. The van der Waals surface area contributed by atoms with Crippen LogP contribution in [-0.2, 0) is 20.6 Å². The van der Waals surface area contributed by atoms with Crippen LogP contribution >= 0.6 is 11.6 Å². The minimum absolute atomic E-state index is 0.0190. The Morgan fingerprint density at radius 2 is 1.58 bits per heavy atom. The van der Waals surface area contributed by atoms with E-state index in [2.05, 4.69) is 21.2 Å². The van der Waals surface area contributed by atoms with Gasteiger partial charge < -0.3 is 15.4 Å². The predicted molar refractivity (Wildman–Crippen MR) is 128 cm³/mol. The third-order valence-electron chi connectivity index (χ3n) is 4.37. The van der Waals surface area contributed by atoms with Crippen LogP contribution in [0.15, 0.2) is 77.9 Å². The Hall–Kier alpha value is -4.38. The molecule has 3 N–H and O–H groups in total. The van der Waals surface area contributed by atoms with Gasteiger partial charge in [-0.25, -0.2) is 5.43 Å². The van der Waals surface area contributed by atoms with Crippen molar-refractivity contribution >= 4 is 46.9 Å². The Morgan fingerprint density at radius 1 is 0.889 bits per heavy atom. The summed E-state index contributed by atoms with van der Waals surface area (Å²) in [6.07, 6.45) is -3.28. The molecule has 0 saturated heterocycles. The SMILES string of the molecule is O=C(COc1cccc(/C=N\NC(=O)C(=O)Nc2cccc(Cl)c2)c1)Nc1cccc(C(F)(F)F)c1. The fourth-order valence-electron chi connectivity index (χ4n) is 2.77. The zero-order chi connectivity index (χ0) is 26.1. The van der Waals surface area contributed by atoms with E-state index >= 15 is 0 Å². The summed E-state index contributed by atoms with van der Waals surface area (Å²) in [5.41, 5.74) is 1.99. The Kier molecular flexibility index (Phi) is 8.63. The van der Waals surface area contributed by atoms with Crippen LogP contribution in [0.4, 0.5) is 24.5 Å². The second-order valence-corrected chi connectivity index (χ2v) is 7.59. The first kappa shape index (κ1) is 26.2. The molecule has 0 fully saturated rings. The first-order valence-corrected chi connectivity index (χ1v) is 10.6. The number of halogens is 4. The van der Waals surface area contributed by atoms with Gasteiger partial charge in [0.25, 0.3) is 5.91 Å². The van der Waals surface area contributed by atoms with Crippen LogP contribution in [0.2, 0.25) is 5.02 Å². The quantitative estimate of drug-likeness (QED) is 0.244. The highest BCUT2D eigenvalue weighted by Gasteiger charge is 2.30. The monoisotopic (exact) mass is 518 g/mol. The Labute approximate surface area is 208 Å². The summed E-state index contributed by atoms with van der Waals surface area (Å²) in [4.78, 5) is 35.9. The van der Waals surface area contributed by atoms with Crippen molar-refractivity contribution in [2.75, 3.05) is 17.2 Å². The number of nitrogens with zero attached hydrogens (tertiary/aromatic N) is 1. The minimum atomic E-state index is -4.53. The largest absolute Gasteiger partial charge is 0.484 e. The van der Waals surface area contributed by atoms with Gasteiger partial charge in [0, 0.05) is 16.4 Å². The highest BCUT2D eigenvalue weighted by Crippen LogP contribution is 2.30. The maximum absolute atomic E-state index is 12.8. The Morgan fingerprint density at radius 3 is 2.31 bits per heavy atom. The topological polar surface area (TPSA) is 109 Å². The lowest BCUT2D eigenvalue weighted by Crippen LogP contribution is -2.32. The van der Waals surface area contributed by atoms with Crippen molar-refractivity contribution in [2.24, 2.45) is 5.10 Å². The van der Waals surface area contributed by atoms with Gasteiger partial charge in [0.05, 0.1) is 11.8 Å². The highest BCUT2D eigenvalue weighted by molar-refractivity contribution is 6.39. The number of ether oxygens (including phenoxy) is 1. The lowest BCUT2D eigenvalue weighted by molar-refractivity contribution is -0.137. The van der Waals surface area contributed by atoms with E-state index in [0.717, 1.165) is 12.1 Å². The van der Waals surface area contributed by atoms with Gasteiger partial charge in [-0.3, -0.25) is 14.4 Å². The normalized spacial score (nSPS) is 11.1. The van der Waals surface area contributed by atoms with E-state index in [1.807, 2.05) is 0 Å². The molecule has 0 radical (unpaired) electrons. The summed E-state index contributed by atoms with van der Waals surface area (Å²) in [5, 5.41) is 8.80. The molecule has 3 aromatic rings. The number of hydrogen-bond donors (Lipinski definition) is 3. The van der Waals surface area contributed by atoms with E-state index < -0.39 is 36.1 Å². The minimum Gasteiger partial charge on any atom is -0.484 e.